The van der Waals surface area contributed by atoms with Crippen molar-refractivity contribution >= 4 is 29.1 Å². The van der Waals surface area contributed by atoms with Gasteiger partial charge >= 0.3 is 0 Å². The number of nitrogens with zero attached hydrogens (tertiary/aromatic N) is 1. The maximum absolute atomic E-state index is 14.4. The van der Waals surface area contributed by atoms with Crippen LogP contribution in [0.15, 0.2) is 36.4 Å². The average molecular weight is 791 g/mol. The Balaban J connectivity index is 1.99. The minimum atomic E-state index is -0.998. The van der Waals surface area contributed by atoms with Crippen molar-refractivity contribution in [1.29, 1.82) is 5.41 Å². The summed E-state index contributed by atoms with van der Waals surface area (Å²) in [4.78, 5) is 57.1. The van der Waals surface area contributed by atoms with E-state index in [9.17, 15) is 19.2 Å². The number of benzene rings is 2. The van der Waals surface area contributed by atoms with Gasteiger partial charge < -0.3 is 41.9 Å². The summed E-state index contributed by atoms with van der Waals surface area (Å²) in [6, 6.07) is 9.10. The fourth-order valence-electron chi connectivity index (χ4n) is 7.10. The van der Waals surface area contributed by atoms with E-state index in [0.29, 0.717) is 46.9 Å². The van der Waals surface area contributed by atoms with Gasteiger partial charge in [-0.25, -0.2) is 0 Å². The summed E-state index contributed by atoms with van der Waals surface area (Å²) in [6.07, 6.45) is 10.5. The first kappa shape index (κ1) is 47.2. The van der Waals surface area contributed by atoms with Crippen molar-refractivity contribution in [3.8, 4) is 22.6 Å². The highest BCUT2D eigenvalue weighted by atomic mass is 16.5. The van der Waals surface area contributed by atoms with E-state index in [1.807, 2.05) is 38.1 Å². The molecule has 3 unspecified atom stereocenters. The van der Waals surface area contributed by atoms with Crippen molar-refractivity contribution in [2.24, 2.45) is 23.3 Å². The first-order chi connectivity index (χ1) is 27.4. The smallest absolute Gasteiger partial charge is 0.224 e. The SMILES string of the molecule is CCCCCCCCCCNCCC(=O)N(C)C1C(=O)CC(C)C(=O)NC(C(=O)CCC(=N)C(C)C)Cc2ccc(OCCN)c(c2)-c2cc1ccc2OCCN. The Kier molecular flexibility index (Phi) is 21.0. The van der Waals surface area contributed by atoms with Crippen LogP contribution < -0.4 is 31.6 Å². The standard InChI is InChI=1S/C45H70N6O6/c1-6-7-8-9-10-11-12-13-23-49-24-20-43(54)51(5)44-34-15-19-42(57-26-22-47)36(30-34)35-28-33(14-18-41(35)56-25-21-46)29-38(39(52)17-16-37(48)31(2)3)50-45(55)32(4)27-40(44)53/h14-15,18-19,28,30-32,38,44,48-49H,6-13,16-17,20-27,29,46-47H2,1-5H3,(H,50,55). The van der Waals surface area contributed by atoms with Crippen LogP contribution in [0, 0.1) is 17.2 Å². The molecule has 0 aliphatic carbocycles. The van der Waals surface area contributed by atoms with Crippen LogP contribution in [0.25, 0.3) is 11.1 Å². The molecule has 1 aliphatic heterocycles. The lowest BCUT2D eigenvalue weighted by Crippen LogP contribution is -2.45. The van der Waals surface area contributed by atoms with Gasteiger partial charge in [-0.3, -0.25) is 19.2 Å². The van der Waals surface area contributed by atoms with E-state index in [1.165, 1.54) is 43.4 Å². The second-order valence-electron chi connectivity index (χ2n) is 15.7. The maximum atomic E-state index is 14.4. The summed E-state index contributed by atoms with van der Waals surface area (Å²) in [5, 5.41) is 14.6. The summed E-state index contributed by atoms with van der Waals surface area (Å²) in [6.45, 7) is 10.1. The highest BCUT2D eigenvalue weighted by Gasteiger charge is 2.33. The fourth-order valence-corrected chi connectivity index (χ4v) is 7.10. The van der Waals surface area contributed by atoms with Crippen molar-refractivity contribution in [2.45, 2.75) is 123 Å². The summed E-state index contributed by atoms with van der Waals surface area (Å²) in [7, 11) is 1.63. The number of nitrogens with two attached hydrogens (primary N) is 2. The van der Waals surface area contributed by atoms with Gasteiger partial charge in [0.2, 0.25) is 11.8 Å². The molecule has 1 aliphatic rings. The molecule has 7 N–H and O–H groups in total. The number of amides is 2. The zero-order valence-electron chi connectivity index (χ0n) is 35.3. The molecule has 0 spiro atoms. The quantitative estimate of drug-likeness (QED) is 0.0600. The number of carbonyl (C=O) groups is 4. The molecule has 0 radical (unpaired) electrons. The highest BCUT2D eigenvalue weighted by Crippen LogP contribution is 2.40. The van der Waals surface area contributed by atoms with Gasteiger partial charge in [-0.2, -0.15) is 0 Å². The first-order valence-electron chi connectivity index (χ1n) is 21.2. The Morgan fingerprint density at radius 1 is 0.860 bits per heavy atom. The van der Waals surface area contributed by atoms with Gasteiger partial charge in [-0.1, -0.05) is 84.8 Å². The molecule has 316 valence electrons. The van der Waals surface area contributed by atoms with E-state index in [-0.39, 0.29) is 75.4 Å². The van der Waals surface area contributed by atoms with Gasteiger partial charge in [0.25, 0.3) is 0 Å². The van der Waals surface area contributed by atoms with Gasteiger partial charge in [-0.15, -0.1) is 0 Å². The fraction of sp³-hybridized carbons (Fsp3) is 0.622. The van der Waals surface area contributed by atoms with Crippen LogP contribution in [0.2, 0.25) is 0 Å². The number of nitrogens with one attached hydrogen (secondary N) is 3. The summed E-state index contributed by atoms with van der Waals surface area (Å²) >= 11 is 0. The molecule has 12 nitrogen and oxygen atoms in total. The largest absolute Gasteiger partial charge is 0.492 e. The van der Waals surface area contributed by atoms with Crippen molar-refractivity contribution < 1.29 is 28.7 Å². The Morgan fingerprint density at radius 2 is 1.47 bits per heavy atom. The summed E-state index contributed by atoms with van der Waals surface area (Å²) in [5.41, 5.74) is 14.7. The van der Waals surface area contributed by atoms with Crippen molar-refractivity contribution in [2.75, 3.05) is 46.4 Å². The topological polar surface area (TPSA) is 190 Å². The van der Waals surface area contributed by atoms with Crippen LogP contribution >= 0.6 is 0 Å². The number of fused-ring (bicyclic) bond motifs is 5. The second kappa shape index (κ2) is 25.3. The molecule has 3 rings (SSSR count). The molecule has 4 bridgehead atoms. The third-order valence-electron chi connectivity index (χ3n) is 10.7. The van der Waals surface area contributed by atoms with Crippen molar-refractivity contribution in [3.63, 3.8) is 0 Å². The average Bonchev–Trinajstić information content (AvgIpc) is 3.19. The normalized spacial score (nSPS) is 17.2. The molecule has 0 fully saturated rings. The van der Waals surface area contributed by atoms with Gasteiger partial charge in [0.1, 0.15) is 30.8 Å². The number of unbranched alkanes of at least 4 members (excludes halogenated alkanes) is 7. The molecule has 1 heterocycles. The summed E-state index contributed by atoms with van der Waals surface area (Å²) < 4.78 is 12.3. The van der Waals surface area contributed by atoms with Gasteiger partial charge in [-0.05, 0) is 67.1 Å². The summed E-state index contributed by atoms with van der Waals surface area (Å²) in [5.74, 6) is -0.871. The first-order valence-corrected chi connectivity index (χ1v) is 21.2. The predicted octanol–water partition coefficient (Wildman–Crippen LogP) is 6.31. The van der Waals surface area contributed by atoms with E-state index in [0.717, 1.165) is 24.9 Å². The van der Waals surface area contributed by atoms with Crippen LogP contribution in [-0.4, -0.2) is 86.5 Å². The van der Waals surface area contributed by atoms with Gasteiger partial charge in [0, 0.05) is 68.7 Å². The predicted molar refractivity (Wildman–Crippen MR) is 228 cm³/mol. The number of hydrogen-bond acceptors (Lipinski definition) is 10. The zero-order chi connectivity index (χ0) is 41.7. The monoisotopic (exact) mass is 791 g/mol. The Morgan fingerprint density at radius 3 is 2.11 bits per heavy atom. The third kappa shape index (κ3) is 15.3. The zero-order valence-corrected chi connectivity index (χ0v) is 35.3. The van der Waals surface area contributed by atoms with Crippen molar-refractivity contribution in [1.82, 2.24) is 15.5 Å². The molecule has 12 heteroatoms. The molecule has 0 aromatic heterocycles. The molecule has 2 aromatic rings. The second-order valence-corrected chi connectivity index (χ2v) is 15.7. The lowest BCUT2D eigenvalue weighted by Gasteiger charge is -2.30. The molecular weight excluding hydrogens is 721 g/mol. The lowest BCUT2D eigenvalue weighted by molar-refractivity contribution is -0.139. The number of likely N-dealkylation sites (N-methyl/N-ethyl adjacent to an activating group) is 1. The van der Waals surface area contributed by atoms with Crippen LogP contribution in [-0.2, 0) is 25.6 Å². The van der Waals surface area contributed by atoms with E-state index in [2.05, 4.69) is 17.6 Å². The molecule has 0 saturated heterocycles. The molecule has 2 amide bonds. The van der Waals surface area contributed by atoms with Crippen molar-refractivity contribution in [3.05, 3.63) is 47.5 Å². The molecule has 2 aromatic carbocycles. The lowest BCUT2D eigenvalue weighted by atomic mass is 9.89. The Bertz CT molecular complexity index is 1610. The van der Waals surface area contributed by atoms with E-state index in [1.54, 1.807) is 26.1 Å². The van der Waals surface area contributed by atoms with Crippen LogP contribution in [0.1, 0.15) is 122 Å². The van der Waals surface area contributed by atoms with Gasteiger partial charge in [0.05, 0.1) is 6.04 Å². The Labute approximate surface area is 341 Å². The minimum Gasteiger partial charge on any atom is -0.492 e. The number of carbonyl (C=O) groups excluding carboxylic acids is 4. The molecule has 57 heavy (non-hydrogen) atoms. The molecular formula is C45H70N6O6. The number of hydrogen-bond donors (Lipinski definition) is 5. The van der Waals surface area contributed by atoms with E-state index < -0.39 is 23.9 Å². The van der Waals surface area contributed by atoms with Crippen LogP contribution in [0.4, 0.5) is 0 Å². The molecule has 0 saturated carbocycles. The third-order valence-corrected chi connectivity index (χ3v) is 10.7. The van der Waals surface area contributed by atoms with E-state index >= 15 is 0 Å². The minimum absolute atomic E-state index is 0.00595. The number of ether oxygens (including phenoxy) is 2. The molecule has 3 atom stereocenters. The number of ketones is 2. The van der Waals surface area contributed by atoms with Crippen LogP contribution in [0.3, 0.4) is 0 Å². The number of rotatable bonds is 24. The Hall–Kier alpha value is -4.13. The number of Topliss-reactive ketones (excluding diaryl/α,β-unsaturated/α-hetero) is 2. The highest BCUT2D eigenvalue weighted by molar-refractivity contribution is 5.96. The van der Waals surface area contributed by atoms with Gasteiger partial charge in [0.15, 0.2) is 11.6 Å². The van der Waals surface area contributed by atoms with Crippen LogP contribution in [0.5, 0.6) is 11.5 Å². The van der Waals surface area contributed by atoms with E-state index in [4.69, 9.17) is 26.4 Å². The maximum Gasteiger partial charge on any atom is 0.224 e.